The smallest absolute Gasteiger partial charge is 0.258 e. The summed E-state index contributed by atoms with van der Waals surface area (Å²) in [6.45, 7) is 0. The van der Waals surface area contributed by atoms with Crippen molar-refractivity contribution in [3.8, 4) is 0 Å². The van der Waals surface area contributed by atoms with Crippen LogP contribution in [-0.2, 0) is 0 Å². The monoisotopic (exact) mass is 358 g/mol. The van der Waals surface area contributed by atoms with E-state index in [1.54, 1.807) is 42.7 Å². The van der Waals surface area contributed by atoms with Gasteiger partial charge in [-0.3, -0.25) is 4.79 Å². The highest BCUT2D eigenvalue weighted by Gasteiger charge is 2.14. The van der Waals surface area contributed by atoms with Crippen LogP contribution in [0.3, 0.4) is 0 Å². The van der Waals surface area contributed by atoms with E-state index in [1.807, 2.05) is 18.2 Å². The molecule has 0 unspecified atom stereocenters. The summed E-state index contributed by atoms with van der Waals surface area (Å²) in [6.07, 6.45) is 3.25. The molecular formula is C17H12Cl2N4O. The zero-order chi connectivity index (χ0) is 16.9. The molecule has 0 atom stereocenters. The first-order valence-corrected chi connectivity index (χ1v) is 7.78. The lowest BCUT2D eigenvalue weighted by atomic mass is 10.2. The van der Waals surface area contributed by atoms with E-state index in [1.165, 1.54) is 0 Å². The maximum Gasteiger partial charge on any atom is 0.258 e. The van der Waals surface area contributed by atoms with E-state index in [4.69, 9.17) is 23.2 Å². The topological polar surface area (TPSA) is 66.9 Å². The van der Waals surface area contributed by atoms with Crippen LogP contribution in [0.5, 0.6) is 0 Å². The quantitative estimate of drug-likeness (QED) is 0.704. The maximum atomic E-state index is 12.4. The first-order chi connectivity index (χ1) is 11.6. The lowest BCUT2D eigenvalue weighted by Crippen LogP contribution is -2.13. The van der Waals surface area contributed by atoms with Crippen molar-refractivity contribution in [2.24, 2.45) is 0 Å². The number of carbonyl (C=O) groups excluding carboxylic acids is 1. The first kappa shape index (κ1) is 16.2. The van der Waals surface area contributed by atoms with Gasteiger partial charge >= 0.3 is 0 Å². The Morgan fingerprint density at radius 1 is 0.875 bits per heavy atom. The lowest BCUT2D eigenvalue weighted by molar-refractivity contribution is 0.102. The Morgan fingerprint density at radius 2 is 1.62 bits per heavy atom. The summed E-state index contributed by atoms with van der Waals surface area (Å²) >= 11 is 12.1. The van der Waals surface area contributed by atoms with Gasteiger partial charge in [-0.15, -0.1) is 0 Å². The van der Waals surface area contributed by atoms with Gasteiger partial charge in [0.1, 0.15) is 11.6 Å². The van der Waals surface area contributed by atoms with E-state index < -0.39 is 0 Å². The molecule has 0 fully saturated rings. The van der Waals surface area contributed by atoms with Crippen molar-refractivity contribution in [1.29, 1.82) is 0 Å². The van der Waals surface area contributed by atoms with Crippen LogP contribution in [0.4, 0.5) is 17.3 Å². The Morgan fingerprint density at radius 3 is 2.33 bits per heavy atom. The summed E-state index contributed by atoms with van der Waals surface area (Å²) in [4.78, 5) is 20.7. The average Bonchev–Trinajstić information content (AvgIpc) is 2.56. The van der Waals surface area contributed by atoms with E-state index in [0.29, 0.717) is 27.4 Å². The number of halogens is 2. The van der Waals surface area contributed by atoms with Crippen LogP contribution in [0.15, 0.2) is 60.9 Å². The SMILES string of the molecule is O=C(Nc1ccnc(Nc2ccccn2)c1)c1c(Cl)cccc1Cl. The molecule has 1 aromatic carbocycles. The second-order valence-corrected chi connectivity index (χ2v) is 5.63. The van der Waals surface area contributed by atoms with Crippen LogP contribution in [0.1, 0.15) is 10.4 Å². The van der Waals surface area contributed by atoms with Crippen molar-refractivity contribution in [3.63, 3.8) is 0 Å². The molecule has 0 aliphatic carbocycles. The van der Waals surface area contributed by atoms with Crippen LogP contribution < -0.4 is 10.6 Å². The van der Waals surface area contributed by atoms with Crippen LogP contribution in [0.2, 0.25) is 10.0 Å². The molecule has 2 heterocycles. The molecule has 0 spiro atoms. The molecule has 1 amide bonds. The third kappa shape index (κ3) is 3.82. The number of benzene rings is 1. The van der Waals surface area contributed by atoms with Crippen LogP contribution in [0.25, 0.3) is 0 Å². The van der Waals surface area contributed by atoms with Crippen molar-refractivity contribution < 1.29 is 4.79 Å². The number of amides is 1. The van der Waals surface area contributed by atoms with Crippen molar-refractivity contribution in [2.75, 3.05) is 10.6 Å². The first-order valence-electron chi connectivity index (χ1n) is 7.03. The Kier molecular flexibility index (Phi) is 4.93. The molecule has 0 bridgehead atoms. The van der Waals surface area contributed by atoms with Gasteiger partial charge in [0.05, 0.1) is 15.6 Å². The predicted molar refractivity (Wildman–Crippen MR) is 96.2 cm³/mol. The Bertz CT molecular complexity index is 851. The number of rotatable bonds is 4. The van der Waals surface area contributed by atoms with Gasteiger partial charge in [0.25, 0.3) is 5.91 Å². The highest BCUT2D eigenvalue weighted by atomic mass is 35.5. The fourth-order valence-corrected chi connectivity index (χ4v) is 2.62. The van der Waals surface area contributed by atoms with Gasteiger partial charge in [-0.1, -0.05) is 35.3 Å². The molecule has 24 heavy (non-hydrogen) atoms. The van der Waals surface area contributed by atoms with Gasteiger partial charge in [0.2, 0.25) is 0 Å². The number of hydrogen-bond acceptors (Lipinski definition) is 4. The van der Waals surface area contributed by atoms with E-state index >= 15 is 0 Å². The van der Waals surface area contributed by atoms with Crippen molar-refractivity contribution >= 4 is 46.4 Å². The standard InChI is InChI=1S/C17H12Cl2N4O/c18-12-4-3-5-13(19)16(12)17(24)22-11-7-9-21-15(10-11)23-14-6-1-2-8-20-14/h1-10H,(H2,20,21,22,23,24). The van der Waals surface area contributed by atoms with E-state index in [0.717, 1.165) is 0 Å². The van der Waals surface area contributed by atoms with E-state index in [2.05, 4.69) is 20.6 Å². The molecule has 3 rings (SSSR count). The third-order valence-electron chi connectivity index (χ3n) is 3.13. The van der Waals surface area contributed by atoms with Crippen LogP contribution in [0, 0.1) is 0 Å². The average molecular weight is 359 g/mol. The largest absolute Gasteiger partial charge is 0.325 e. The number of nitrogens with zero attached hydrogens (tertiary/aromatic N) is 2. The molecule has 2 aromatic heterocycles. The summed E-state index contributed by atoms with van der Waals surface area (Å²) in [6, 6.07) is 13.8. The highest BCUT2D eigenvalue weighted by Crippen LogP contribution is 2.25. The van der Waals surface area contributed by atoms with Gasteiger partial charge in [0.15, 0.2) is 0 Å². The highest BCUT2D eigenvalue weighted by molar-refractivity contribution is 6.40. The van der Waals surface area contributed by atoms with Gasteiger partial charge in [-0.2, -0.15) is 0 Å². The van der Waals surface area contributed by atoms with Gasteiger partial charge in [-0.25, -0.2) is 9.97 Å². The minimum atomic E-state index is -0.388. The number of nitrogens with one attached hydrogen (secondary N) is 2. The van der Waals surface area contributed by atoms with Crippen molar-refractivity contribution in [3.05, 3.63) is 76.5 Å². The Labute approximate surface area is 148 Å². The Hall–Kier alpha value is -2.63. The fraction of sp³-hybridized carbons (Fsp3) is 0. The molecule has 3 aromatic rings. The molecule has 2 N–H and O–H groups in total. The molecule has 0 aliphatic rings. The predicted octanol–water partition coefficient (Wildman–Crippen LogP) is 4.78. The molecule has 0 aliphatic heterocycles. The third-order valence-corrected chi connectivity index (χ3v) is 3.76. The van der Waals surface area contributed by atoms with Gasteiger partial charge in [0, 0.05) is 24.1 Å². The number of hydrogen-bond donors (Lipinski definition) is 2. The van der Waals surface area contributed by atoms with Crippen molar-refractivity contribution in [2.45, 2.75) is 0 Å². The summed E-state index contributed by atoms with van der Waals surface area (Å²) in [5, 5.41) is 6.40. The normalized spacial score (nSPS) is 10.2. The molecule has 7 heteroatoms. The number of pyridine rings is 2. The van der Waals surface area contributed by atoms with Crippen molar-refractivity contribution in [1.82, 2.24) is 9.97 Å². The van der Waals surface area contributed by atoms with Crippen LogP contribution in [-0.4, -0.2) is 15.9 Å². The number of aromatic nitrogens is 2. The zero-order valence-electron chi connectivity index (χ0n) is 12.3. The minimum Gasteiger partial charge on any atom is -0.325 e. The van der Waals surface area contributed by atoms with Crippen LogP contribution >= 0.6 is 23.2 Å². The molecule has 120 valence electrons. The summed E-state index contributed by atoms with van der Waals surface area (Å²) < 4.78 is 0. The Balaban J connectivity index is 1.78. The molecule has 0 radical (unpaired) electrons. The summed E-state index contributed by atoms with van der Waals surface area (Å²) in [7, 11) is 0. The minimum absolute atomic E-state index is 0.233. The zero-order valence-corrected chi connectivity index (χ0v) is 13.8. The number of anilines is 3. The molecular weight excluding hydrogens is 347 g/mol. The maximum absolute atomic E-state index is 12.4. The second-order valence-electron chi connectivity index (χ2n) is 4.82. The van der Waals surface area contributed by atoms with E-state index in [9.17, 15) is 4.79 Å². The number of carbonyl (C=O) groups is 1. The summed E-state index contributed by atoms with van der Waals surface area (Å²) in [5.41, 5.74) is 0.793. The molecule has 0 saturated heterocycles. The lowest BCUT2D eigenvalue weighted by Gasteiger charge is -2.10. The van der Waals surface area contributed by atoms with Gasteiger partial charge in [-0.05, 0) is 30.3 Å². The second kappa shape index (κ2) is 7.29. The fourth-order valence-electron chi connectivity index (χ4n) is 2.05. The molecule has 0 saturated carbocycles. The molecule has 5 nitrogen and oxygen atoms in total. The van der Waals surface area contributed by atoms with Gasteiger partial charge < -0.3 is 10.6 Å². The van der Waals surface area contributed by atoms with E-state index in [-0.39, 0.29) is 11.5 Å². The summed E-state index contributed by atoms with van der Waals surface area (Å²) in [5.74, 6) is 0.819.